The highest BCUT2D eigenvalue weighted by atomic mass is 16.5. The number of hydrogen-bond acceptors (Lipinski definition) is 2. The van der Waals surface area contributed by atoms with Crippen LogP contribution < -0.4 is 4.74 Å². The van der Waals surface area contributed by atoms with Crippen LogP contribution in [0.5, 0.6) is 5.88 Å². The molecule has 0 aliphatic carbocycles. The summed E-state index contributed by atoms with van der Waals surface area (Å²) >= 11 is 0. The van der Waals surface area contributed by atoms with Gasteiger partial charge in [0.25, 0.3) is 0 Å². The number of aryl methyl sites for hydroxylation is 1. The molecule has 0 N–H and O–H groups in total. The van der Waals surface area contributed by atoms with Crippen molar-refractivity contribution >= 4 is 0 Å². The number of hydrogen-bond donors (Lipinski definition) is 0. The molecule has 12 heavy (non-hydrogen) atoms. The Labute approximate surface area is 73.3 Å². The minimum Gasteiger partial charge on any atom is -0.480 e. The van der Waals surface area contributed by atoms with E-state index < -0.39 is 0 Å². The summed E-state index contributed by atoms with van der Waals surface area (Å²) in [4.78, 5) is 0. The molecule has 1 aromatic rings. The summed E-state index contributed by atoms with van der Waals surface area (Å²) < 4.78 is 6.90. The molecule has 1 rings (SSSR count). The minimum absolute atomic E-state index is 0.658. The molecule has 0 atom stereocenters. The van der Waals surface area contributed by atoms with Crippen molar-refractivity contribution in [2.75, 3.05) is 7.11 Å². The van der Waals surface area contributed by atoms with Crippen molar-refractivity contribution in [3.63, 3.8) is 0 Å². The highest BCUT2D eigenvalue weighted by molar-refractivity contribution is 5.15. The van der Waals surface area contributed by atoms with Gasteiger partial charge in [0.05, 0.1) is 7.11 Å². The monoisotopic (exact) mass is 168 g/mol. The Balaban J connectivity index is 2.77. The van der Waals surface area contributed by atoms with Crippen molar-refractivity contribution in [3.05, 3.63) is 11.8 Å². The van der Waals surface area contributed by atoms with Crippen molar-refractivity contribution < 1.29 is 4.74 Å². The van der Waals surface area contributed by atoms with E-state index in [0.29, 0.717) is 11.8 Å². The first-order valence-corrected chi connectivity index (χ1v) is 4.20. The molecule has 0 aliphatic rings. The van der Waals surface area contributed by atoms with Gasteiger partial charge in [-0.3, -0.25) is 4.68 Å². The van der Waals surface area contributed by atoms with Gasteiger partial charge < -0.3 is 4.74 Å². The maximum Gasteiger partial charge on any atom is 0.232 e. The normalized spacial score (nSPS) is 10.8. The number of methoxy groups -OCH3 is 1. The Morgan fingerprint density at radius 2 is 2.25 bits per heavy atom. The average Bonchev–Trinajstić information content (AvgIpc) is 2.31. The summed E-state index contributed by atoms with van der Waals surface area (Å²) in [6.07, 6.45) is 1.05. The van der Waals surface area contributed by atoms with E-state index in [4.69, 9.17) is 4.74 Å². The molecule has 0 aliphatic heterocycles. The summed E-state index contributed by atoms with van der Waals surface area (Å²) in [7, 11) is 3.59. The summed E-state index contributed by atoms with van der Waals surface area (Å²) in [5, 5.41) is 4.18. The first-order chi connectivity index (χ1) is 5.63. The van der Waals surface area contributed by atoms with Gasteiger partial charge in [0.15, 0.2) is 0 Å². The standard InChI is InChI=1S/C9H16N2O/c1-7(2)5-8-6-9(12-4)10-11(8)3/h6-7H,5H2,1-4H3. The average molecular weight is 168 g/mol. The molecule has 0 unspecified atom stereocenters. The Hall–Kier alpha value is -0.990. The third kappa shape index (κ3) is 2.00. The van der Waals surface area contributed by atoms with Crippen LogP contribution in [-0.4, -0.2) is 16.9 Å². The van der Waals surface area contributed by atoms with Gasteiger partial charge in [-0.25, -0.2) is 0 Å². The quantitative estimate of drug-likeness (QED) is 0.686. The molecule has 0 bridgehead atoms. The lowest BCUT2D eigenvalue weighted by Gasteiger charge is -2.03. The summed E-state index contributed by atoms with van der Waals surface area (Å²) in [6, 6.07) is 1.99. The fourth-order valence-electron chi connectivity index (χ4n) is 1.19. The third-order valence-corrected chi connectivity index (χ3v) is 1.78. The predicted octanol–water partition coefficient (Wildman–Crippen LogP) is 1.63. The smallest absolute Gasteiger partial charge is 0.232 e. The molecule has 1 heterocycles. The van der Waals surface area contributed by atoms with Gasteiger partial charge in [-0.15, -0.1) is 5.10 Å². The fourth-order valence-corrected chi connectivity index (χ4v) is 1.19. The second kappa shape index (κ2) is 3.61. The Morgan fingerprint density at radius 1 is 1.58 bits per heavy atom. The van der Waals surface area contributed by atoms with Crippen LogP contribution in [0, 0.1) is 5.92 Å². The summed E-state index contributed by atoms with van der Waals surface area (Å²) in [5.41, 5.74) is 1.22. The second-order valence-electron chi connectivity index (χ2n) is 3.40. The summed E-state index contributed by atoms with van der Waals surface area (Å²) in [6.45, 7) is 4.39. The van der Waals surface area contributed by atoms with Gasteiger partial charge in [-0.1, -0.05) is 13.8 Å². The SMILES string of the molecule is COc1cc(CC(C)C)n(C)n1. The highest BCUT2D eigenvalue weighted by Gasteiger charge is 2.06. The molecular weight excluding hydrogens is 152 g/mol. The van der Waals surface area contributed by atoms with Crippen molar-refractivity contribution in [2.45, 2.75) is 20.3 Å². The third-order valence-electron chi connectivity index (χ3n) is 1.78. The van der Waals surface area contributed by atoms with E-state index in [-0.39, 0.29) is 0 Å². The topological polar surface area (TPSA) is 27.1 Å². The van der Waals surface area contributed by atoms with E-state index in [1.807, 2.05) is 17.8 Å². The Morgan fingerprint density at radius 3 is 2.67 bits per heavy atom. The van der Waals surface area contributed by atoms with E-state index in [1.54, 1.807) is 7.11 Å². The number of rotatable bonds is 3. The number of aromatic nitrogens is 2. The fraction of sp³-hybridized carbons (Fsp3) is 0.667. The molecule has 3 heteroatoms. The Bertz CT molecular complexity index is 253. The van der Waals surface area contributed by atoms with Crippen LogP contribution in [-0.2, 0) is 13.5 Å². The van der Waals surface area contributed by atoms with Gasteiger partial charge in [-0.2, -0.15) is 0 Å². The van der Waals surface area contributed by atoms with Crippen LogP contribution in [0.3, 0.4) is 0 Å². The van der Waals surface area contributed by atoms with Crippen molar-refractivity contribution in [1.82, 2.24) is 9.78 Å². The Kier molecular flexibility index (Phi) is 2.74. The van der Waals surface area contributed by atoms with E-state index in [9.17, 15) is 0 Å². The zero-order chi connectivity index (χ0) is 9.14. The molecule has 0 amide bonds. The molecule has 0 radical (unpaired) electrons. The first kappa shape index (κ1) is 9.10. The number of ether oxygens (including phenoxy) is 1. The zero-order valence-electron chi connectivity index (χ0n) is 8.16. The van der Waals surface area contributed by atoms with Gasteiger partial charge in [0.1, 0.15) is 0 Å². The van der Waals surface area contributed by atoms with Crippen molar-refractivity contribution in [3.8, 4) is 5.88 Å². The maximum absolute atomic E-state index is 5.03. The van der Waals surface area contributed by atoms with Crippen LogP contribution in [0.15, 0.2) is 6.07 Å². The van der Waals surface area contributed by atoms with Gasteiger partial charge in [0.2, 0.25) is 5.88 Å². The van der Waals surface area contributed by atoms with Crippen LogP contribution in [0.4, 0.5) is 0 Å². The first-order valence-electron chi connectivity index (χ1n) is 4.20. The van der Waals surface area contributed by atoms with E-state index in [2.05, 4.69) is 18.9 Å². The number of nitrogens with zero attached hydrogens (tertiary/aromatic N) is 2. The second-order valence-corrected chi connectivity index (χ2v) is 3.40. The van der Waals surface area contributed by atoms with Crippen LogP contribution in [0.2, 0.25) is 0 Å². The predicted molar refractivity (Wildman–Crippen MR) is 48.3 cm³/mol. The largest absolute Gasteiger partial charge is 0.480 e. The molecule has 1 aromatic heterocycles. The summed E-state index contributed by atoms with van der Waals surface area (Å²) in [5.74, 6) is 1.36. The van der Waals surface area contributed by atoms with Gasteiger partial charge in [0, 0.05) is 18.8 Å². The van der Waals surface area contributed by atoms with E-state index in [0.717, 1.165) is 6.42 Å². The van der Waals surface area contributed by atoms with Crippen molar-refractivity contribution in [1.29, 1.82) is 0 Å². The van der Waals surface area contributed by atoms with Crippen LogP contribution in [0.25, 0.3) is 0 Å². The van der Waals surface area contributed by atoms with Crippen LogP contribution >= 0.6 is 0 Å². The lowest BCUT2D eigenvalue weighted by molar-refractivity contribution is 0.391. The molecule has 0 saturated carbocycles. The lowest BCUT2D eigenvalue weighted by Crippen LogP contribution is -2.02. The molecule has 3 nitrogen and oxygen atoms in total. The highest BCUT2D eigenvalue weighted by Crippen LogP contribution is 2.13. The van der Waals surface area contributed by atoms with Crippen LogP contribution in [0.1, 0.15) is 19.5 Å². The lowest BCUT2D eigenvalue weighted by atomic mass is 10.1. The molecule has 0 fully saturated rings. The zero-order valence-corrected chi connectivity index (χ0v) is 8.16. The van der Waals surface area contributed by atoms with Crippen molar-refractivity contribution in [2.24, 2.45) is 13.0 Å². The molecule has 0 aromatic carbocycles. The molecule has 0 spiro atoms. The van der Waals surface area contributed by atoms with Gasteiger partial charge >= 0.3 is 0 Å². The molecule has 68 valence electrons. The minimum atomic E-state index is 0.658. The maximum atomic E-state index is 5.03. The van der Waals surface area contributed by atoms with E-state index in [1.165, 1.54) is 5.69 Å². The molecular formula is C9H16N2O. The van der Waals surface area contributed by atoms with Gasteiger partial charge in [-0.05, 0) is 12.3 Å². The molecule has 0 saturated heterocycles. The van der Waals surface area contributed by atoms with E-state index >= 15 is 0 Å².